The van der Waals surface area contributed by atoms with Gasteiger partial charge in [-0.15, -0.1) is 24.0 Å². The summed E-state index contributed by atoms with van der Waals surface area (Å²) in [7, 11) is 0. The van der Waals surface area contributed by atoms with Gasteiger partial charge in [-0.25, -0.2) is 9.79 Å². The standard InChI is InChI=1S/C17H25N5O4.HI/c1-17(2,3)26-16(23)21-10-8-20(9-11-21)15(18)19-12-13-6-4-5-7-14(13)22(24)25;/h4-7H,8-12H2,1-3H3,(H2,18,19);1H. The Morgan fingerprint density at radius 2 is 1.78 bits per heavy atom. The maximum absolute atomic E-state index is 12.1. The molecule has 10 heteroatoms. The number of amides is 1. The van der Waals surface area contributed by atoms with Gasteiger partial charge in [-0.05, 0) is 20.8 Å². The van der Waals surface area contributed by atoms with Crippen molar-refractivity contribution in [3.63, 3.8) is 0 Å². The summed E-state index contributed by atoms with van der Waals surface area (Å²) in [5.41, 5.74) is 6.02. The highest BCUT2D eigenvalue weighted by atomic mass is 127. The molecular weight excluding hydrogens is 465 g/mol. The number of ether oxygens (including phenoxy) is 1. The van der Waals surface area contributed by atoms with Crippen LogP contribution in [0.1, 0.15) is 26.3 Å². The van der Waals surface area contributed by atoms with E-state index >= 15 is 0 Å². The van der Waals surface area contributed by atoms with Crippen molar-refractivity contribution in [3.8, 4) is 0 Å². The molecule has 27 heavy (non-hydrogen) atoms. The van der Waals surface area contributed by atoms with Crippen LogP contribution in [0, 0.1) is 10.1 Å². The normalized spacial score (nSPS) is 15.1. The summed E-state index contributed by atoms with van der Waals surface area (Å²) in [5, 5.41) is 11.0. The number of aliphatic imine (C=N–C) groups is 1. The van der Waals surface area contributed by atoms with E-state index in [-0.39, 0.29) is 42.3 Å². The van der Waals surface area contributed by atoms with Gasteiger partial charge in [0.25, 0.3) is 5.69 Å². The largest absolute Gasteiger partial charge is 0.444 e. The lowest BCUT2D eigenvalue weighted by Gasteiger charge is -2.36. The minimum absolute atomic E-state index is 0. The topological polar surface area (TPSA) is 114 Å². The zero-order valence-electron chi connectivity index (χ0n) is 15.8. The zero-order chi connectivity index (χ0) is 19.3. The lowest BCUT2D eigenvalue weighted by molar-refractivity contribution is -0.385. The van der Waals surface area contributed by atoms with Crippen LogP contribution in [0.2, 0.25) is 0 Å². The molecule has 0 bridgehead atoms. The number of nitrogens with zero attached hydrogens (tertiary/aromatic N) is 4. The van der Waals surface area contributed by atoms with Gasteiger partial charge in [0.05, 0.1) is 17.0 Å². The van der Waals surface area contributed by atoms with Gasteiger partial charge in [-0.2, -0.15) is 0 Å². The average Bonchev–Trinajstić information content (AvgIpc) is 2.58. The number of hydrogen-bond donors (Lipinski definition) is 1. The highest BCUT2D eigenvalue weighted by molar-refractivity contribution is 14.0. The van der Waals surface area contributed by atoms with Crippen LogP contribution in [-0.2, 0) is 11.3 Å². The number of carbonyl (C=O) groups excluding carboxylic acids is 1. The fourth-order valence-electron chi connectivity index (χ4n) is 2.53. The second-order valence-corrected chi connectivity index (χ2v) is 7.01. The van der Waals surface area contributed by atoms with Gasteiger partial charge in [0, 0.05) is 32.2 Å². The van der Waals surface area contributed by atoms with Crippen molar-refractivity contribution >= 4 is 41.7 Å². The Labute approximate surface area is 175 Å². The fraction of sp³-hybridized carbons (Fsp3) is 0.529. The first kappa shape index (κ1) is 22.9. The maximum atomic E-state index is 12.1. The van der Waals surface area contributed by atoms with Crippen LogP contribution >= 0.6 is 24.0 Å². The number of guanidine groups is 1. The van der Waals surface area contributed by atoms with Crippen molar-refractivity contribution < 1.29 is 14.5 Å². The van der Waals surface area contributed by atoms with Gasteiger partial charge in [0.1, 0.15) is 5.60 Å². The Morgan fingerprint density at radius 3 is 2.33 bits per heavy atom. The lowest BCUT2D eigenvalue weighted by atomic mass is 10.2. The summed E-state index contributed by atoms with van der Waals surface area (Å²) < 4.78 is 5.36. The molecule has 1 heterocycles. The molecule has 0 aromatic heterocycles. The van der Waals surface area contributed by atoms with E-state index < -0.39 is 10.5 Å². The Morgan fingerprint density at radius 1 is 1.22 bits per heavy atom. The number of hydrogen-bond acceptors (Lipinski definition) is 5. The second-order valence-electron chi connectivity index (χ2n) is 7.01. The molecule has 1 saturated heterocycles. The van der Waals surface area contributed by atoms with E-state index in [0.29, 0.717) is 37.7 Å². The van der Waals surface area contributed by atoms with Gasteiger partial charge in [0.15, 0.2) is 5.96 Å². The quantitative estimate of drug-likeness (QED) is 0.229. The van der Waals surface area contributed by atoms with E-state index in [4.69, 9.17) is 10.5 Å². The van der Waals surface area contributed by atoms with Crippen LogP contribution in [0.25, 0.3) is 0 Å². The fourth-order valence-corrected chi connectivity index (χ4v) is 2.53. The van der Waals surface area contributed by atoms with Crippen molar-refractivity contribution in [3.05, 3.63) is 39.9 Å². The number of halogens is 1. The first-order valence-electron chi connectivity index (χ1n) is 8.42. The van der Waals surface area contributed by atoms with E-state index in [1.807, 2.05) is 25.7 Å². The van der Waals surface area contributed by atoms with Gasteiger partial charge >= 0.3 is 6.09 Å². The molecule has 1 aromatic rings. The third-order valence-corrected chi connectivity index (χ3v) is 3.86. The molecule has 0 unspecified atom stereocenters. The molecule has 1 aliphatic rings. The monoisotopic (exact) mass is 491 g/mol. The first-order valence-corrected chi connectivity index (χ1v) is 8.42. The van der Waals surface area contributed by atoms with Crippen LogP contribution in [0.5, 0.6) is 0 Å². The molecule has 1 amide bonds. The van der Waals surface area contributed by atoms with Gasteiger partial charge in [0.2, 0.25) is 0 Å². The first-order chi connectivity index (χ1) is 12.2. The summed E-state index contributed by atoms with van der Waals surface area (Å²) in [6, 6.07) is 6.45. The Hall–Kier alpha value is -2.11. The number of nitro groups is 1. The van der Waals surface area contributed by atoms with Crippen molar-refractivity contribution in [1.29, 1.82) is 0 Å². The van der Waals surface area contributed by atoms with Gasteiger partial charge in [-0.1, -0.05) is 18.2 Å². The number of para-hydroxylation sites is 1. The number of benzene rings is 1. The third-order valence-electron chi connectivity index (χ3n) is 3.86. The van der Waals surface area contributed by atoms with E-state index in [9.17, 15) is 14.9 Å². The molecule has 2 rings (SSSR count). The van der Waals surface area contributed by atoms with Crippen LogP contribution in [0.4, 0.5) is 10.5 Å². The molecule has 9 nitrogen and oxygen atoms in total. The molecule has 0 radical (unpaired) electrons. The van der Waals surface area contributed by atoms with E-state index in [1.165, 1.54) is 6.07 Å². The maximum Gasteiger partial charge on any atom is 0.410 e. The molecule has 0 atom stereocenters. The van der Waals surface area contributed by atoms with E-state index in [1.54, 1.807) is 23.1 Å². The predicted octanol–water partition coefficient (Wildman–Crippen LogP) is 2.58. The third kappa shape index (κ3) is 6.85. The number of nitro benzene ring substituents is 1. The van der Waals surface area contributed by atoms with Crippen LogP contribution < -0.4 is 5.73 Å². The second kappa shape index (κ2) is 9.72. The van der Waals surface area contributed by atoms with E-state index in [2.05, 4.69) is 4.99 Å². The summed E-state index contributed by atoms with van der Waals surface area (Å²) in [4.78, 5) is 30.4. The summed E-state index contributed by atoms with van der Waals surface area (Å²) in [6.45, 7) is 7.65. The summed E-state index contributed by atoms with van der Waals surface area (Å²) >= 11 is 0. The Bertz CT molecular complexity index is 697. The SMILES string of the molecule is CC(C)(C)OC(=O)N1CCN(C(N)=NCc2ccccc2[N+](=O)[O-])CC1.I. The minimum atomic E-state index is -0.529. The predicted molar refractivity (Wildman–Crippen MR) is 113 cm³/mol. The molecule has 1 aliphatic heterocycles. The highest BCUT2D eigenvalue weighted by Crippen LogP contribution is 2.18. The average molecular weight is 491 g/mol. The Balaban J connectivity index is 0.00000364. The van der Waals surface area contributed by atoms with Crippen LogP contribution in [0.15, 0.2) is 29.3 Å². The van der Waals surface area contributed by atoms with Crippen LogP contribution in [0.3, 0.4) is 0 Å². The summed E-state index contributed by atoms with van der Waals surface area (Å²) in [6.07, 6.45) is -0.340. The van der Waals surface area contributed by atoms with Crippen molar-refractivity contribution in [2.45, 2.75) is 32.9 Å². The zero-order valence-corrected chi connectivity index (χ0v) is 18.1. The number of nitrogens with two attached hydrogens (primary N) is 1. The Kier molecular flexibility index (Phi) is 8.25. The highest BCUT2D eigenvalue weighted by Gasteiger charge is 2.26. The van der Waals surface area contributed by atoms with E-state index in [0.717, 1.165) is 0 Å². The van der Waals surface area contributed by atoms with Crippen LogP contribution in [-0.4, -0.2) is 58.6 Å². The van der Waals surface area contributed by atoms with Gasteiger partial charge in [-0.3, -0.25) is 10.1 Å². The lowest BCUT2D eigenvalue weighted by Crippen LogP contribution is -2.53. The minimum Gasteiger partial charge on any atom is -0.444 e. The molecule has 1 fully saturated rings. The summed E-state index contributed by atoms with van der Waals surface area (Å²) in [5.74, 6) is 0.312. The molecule has 0 aliphatic carbocycles. The molecule has 150 valence electrons. The van der Waals surface area contributed by atoms with Crippen molar-refractivity contribution in [2.24, 2.45) is 10.7 Å². The molecule has 2 N–H and O–H groups in total. The molecular formula is C17H26IN5O4. The smallest absolute Gasteiger partial charge is 0.410 e. The van der Waals surface area contributed by atoms with Gasteiger partial charge < -0.3 is 20.3 Å². The molecule has 0 spiro atoms. The number of piperazine rings is 1. The number of carbonyl (C=O) groups is 1. The number of rotatable bonds is 3. The molecule has 0 saturated carbocycles. The van der Waals surface area contributed by atoms with Crippen molar-refractivity contribution in [1.82, 2.24) is 9.80 Å². The molecule has 1 aromatic carbocycles. The van der Waals surface area contributed by atoms with Crippen molar-refractivity contribution in [2.75, 3.05) is 26.2 Å².